The summed E-state index contributed by atoms with van der Waals surface area (Å²) < 4.78 is 61.4. The summed E-state index contributed by atoms with van der Waals surface area (Å²) in [7, 11) is -8.58. The van der Waals surface area contributed by atoms with Crippen molar-refractivity contribution >= 4 is 42.6 Å². The number of aromatic hydroxyl groups is 1. The Morgan fingerprint density at radius 1 is 0.971 bits per heavy atom. The van der Waals surface area contributed by atoms with Gasteiger partial charge in [-0.25, -0.2) is 0 Å². The molecule has 34 heavy (non-hydrogen) atoms. The summed E-state index contributed by atoms with van der Waals surface area (Å²) in [5.74, 6) is 0.301. The predicted octanol–water partition coefficient (Wildman–Crippen LogP) is 8.99. The zero-order chi connectivity index (χ0) is 26.2. The standard InChI is InChI=1S/C23H27ClN2O.F6P/c1-6-26(7-2)18-11-8-16(21(27)15-18)9-13-22-23(3,4)19-14-17(24)10-12-20(19)25(22)5;1-7(2,3,4,5)6/h8-15H,6-7H2,1-5H3;/q;-1/p+1. The topological polar surface area (TPSA) is 26.5 Å². The second-order valence-corrected chi connectivity index (χ2v) is 10.8. The van der Waals surface area contributed by atoms with E-state index in [1.54, 1.807) is 0 Å². The molecule has 0 unspecified atom stereocenters. The van der Waals surface area contributed by atoms with Gasteiger partial charge >= 0.3 is 33.0 Å². The van der Waals surface area contributed by atoms with E-state index in [-0.39, 0.29) is 5.41 Å². The van der Waals surface area contributed by atoms with Crippen molar-refractivity contribution < 1.29 is 34.9 Å². The van der Waals surface area contributed by atoms with Gasteiger partial charge in [-0.05, 0) is 58.0 Å². The number of nitrogens with zero attached hydrogens (tertiary/aromatic N) is 2. The number of phenols is 1. The molecule has 0 atom stereocenters. The first kappa shape index (κ1) is 28.0. The predicted molar refractivity (Wildman–Crippen MR) is 130 cm³/mol. The molecule has 0 radical (unpaired) electrons. The summed E-state index contributed by atoms with van der Waals surface area (Å²) in [6.45, 7) is 10.5. The van der Waals surface area contributed by atoms with E-state index in [4.69, 9.17) is 11.6 Å². The van der Waals surface area contributed by atoms with Crippen molar-refractivity contribution in [3.63, 3.8) is 0 Å². The Morgan fingerprint density at radius 2 is 1.53 bits per heavy atom. The first-order valence-corrected chi connectivity index (χ1v) is 12.9. The zero-order valence-electron chi connectivity index (χ0n) is 19.5. The molecule has 3 nitrogen and oxygen atoms in total. The third kappa shape index (κ3) is 7.64. The molecule has 190 valence electrons. The number of hydrogen-bond acceptors (Lipinski definition) is 2. The van der Waals surface area contributed by atoms with Crippen LogP contribution in [0.4, 0.5) is 36.6 Å². The van der Waals surface area contributed by atoms with Crippen LogP contribution in [-0.2, 0) is 5.41 Å². The van der Waals surface area contributed by atoms with Gasteiger partial charge < -0.3 is 10.0 Å². The number of rotatable bonds is 5. The number of benzene rings is 2. The SMILES string of the molecule is CCN(CC)c1ccc(C=CC2=[N+](C)c3ccc(Cl)cc3C2(C)C)c(O)c1.F[P-](F)(F)(F)(F)F. The van der Waals surface area contributed by atoms with Crippen LogP contribution in [0.25, 0.3) is 6.08 Å². The van der Waals surface area contributed by atoms with Gasteiger partial charge in [0.25, 0.3) is 0 Å². The van der Waals surface area contributed by atoms with Crippen molar-refractivity contribution in [3.05, 3.63) is 58.6 Å². The van der Waals surface area contributed by atoms with Gasteiger partial charge in [0, 0.05) is 53.1 Å². The van der Waals surface area contributed by atoms with E-state index >= 15 is 0 Å². The molecule has 1 N–H and O–H groups in total. The molecule has 3 rings (SSSR count). The molecule has 0 bridgehead atoms. The van der Waals surface area contributed by atoms with Crippen LogP contribution < -0.4 is 4.90 Å². The van der Waals surface area contributed by atoms with Crippen LogP contribution in [0.5, 0.6) is 5.75 Å². The molecule has 0 saturated carbocycles. The third-order valence-corrected chi connectivity index (χ3v) is 5.79. The quantitative estimate of drug-likeness (QED) is 0.238. The van der Waals surface area contributed by atoms with E-state index in [0.717, 1.165) is 29.4 Å². The van der Waals surface area contributed by atoms with Gasteiger partial charge in [0.1, 0.15) is 12.8 Å². The van der Waals surface area contributed by atoms with E-state index in [9.17, 15) is 30.3 Å². The second kappa shape index (κ2) is 8.76. The Morgan fingerprint density at radius 3 is 2.03 bits per heavy atom. The Labute approximate surface area is 200 Å². The van der Waals surface area contributed by atoms with Gasteiger partial charge in [0.05, 0.1) is 5.41 Å². The summed E-state index contributed by atoms with van der Waals surface area (Å²) in [5, 5.41) is 11.2. The fraction of sp³-hybridized carbons (Fsp3) is 0.348. The molecule has 11 heteroatoms. The molecule has 0 aromatic heterocycles. The molecular weight excluding hydrogens is 501 g/mol. The Kier molecular flexibility index (Phi) is 7.21. The molecule has 0 spiro atoms. The first-order chi connectivity index (χ1) is 15.2. The third-order valence-electron chi connectivity index (χ3n) is 5.56. The summed E-state index contributed by atoms with van der Waals surface area (Å²) in [4.78, 5) is 2.22. The van der Waals surface area contributed by atoms with E-state index in [2.05, 4.69) is 62.4 Å². The van der Waals surface area contributed by atoms with E-state index in [0.29, 0.717) is 5.75 Å². The number of phenolic OH excluding ortho intramolecular Hbond substituents is 1. The summed E-state index contributed by atoms with van der Waals surface area (Å²) in [6.07, 6.45) is 4.09. The molecule has 0 aliphatic carbocycles. The molecule has 2 aromatic carbocycles. The maximum absolute atomic E-state index is 10.7. The van der Waals surface area contributed by atoms with Gasteiger partial charge in [0.2, 0.25) is 5.69 Å². The Bertz CT molecular complexity index is 1130. The summed E-state index contributed by atoms with van der Waals surface area (Å²) in [5.41, 5.74) is 5.28. The van der Waals surface area contributed by atoms with Gasteiger partial charge in [-0.1, -0.05) is 11.6 Å². The van der Waals surface area contributed by atoms with E-state index in [1.165, 1.54) is 17.0 Å². The number of fused-ring (bicyclic) bond motifs is 1. The van der Waals surface area contributed by atoms with Crippen LogP contribution >= 0.6 is 19.4 Å². The van der Waals surface area contributed by atoms with Crippen LogP contribution in [-0.4, -0.2) is 35.5 Å². The van der Waals surface area contributed by atoms with Crippen LogP contribution in [0.15, 0.2) is 42.5 Å². The molecule has 0 fully saturated rings. The first-order valence-electron chi connectivity index (χ1n) is 10.5. The average Bonchev–Trinajstić information content (AvgIpc) is 2.85. The minimum absolute atomic E-state index is 0.151. The number of anilines is 1. The second-order valence-electron chi connectivity index (χ2n) is 8.44. The summed E-state index contributed by atoms with van der Waals surface area (Å²) in [6, 6.07) is 11.9. The van der Waals surface area contributed by atoms with Crippen LogP contribution in [0, 0.1) is 0 Å². The van der Waals surface area contributed by atoms with Crippen molar-refractivity contribution in [3.8, 4) is 5.75 Å². The average molecular weight is 529 g/mol. The van der Waals surface area contributed by atoms with Gasteiger partial charge in [-0.15, -0.1) is 0 Å². The number of halogens is 7. The molecule has 1 aliphatic rings. The molecule has 1 heterocycles. The number of allylic oxidation sites excluding steroid dienone is 1. The molecule has 0 saturated heterocycles. The van der Waals surface area contributed by atoms with Crippen LogP contribution in [0.1, 0.15) is 38.8 Å². The summed E-state index contributed by atoms with van der Waals surface area (Å²) >= 11 is 6.22. The monoisotopic (exact) mass is 528 g/mol. The fourth-order valence-corrected chi connectivity index (χ4v) is 4.11. The van der Waals surface area contributed by atoms with Crippen molar-refractivity contribution in [2.45, 2.75) is 33.1 Å². The van der Waals surface area contributed by atoms with Gasteiger partial charge in [-0.2, -0.15) is 4.58 Å². The van der Waals surface area contributed by atoms with Gasteiger partial charge in [-0.3, -0.25) is 0 Å². The van der Waals surface area contributed by atoms with E-state index in [1.807, 2.05) is 30.3 Å². The molecule has 1 aliphatic heterocycles. The molecule has 0 amide bonds. The maximum atomic E-state index is 10.5. The van der Waals surface area contributed by atoms with Crippen molar-refractivity contribution in [2.75, 3.05) is 25.0 Å². The Balaban J connectivity index is 0.000000509. The molecular formula is C23H28ClF6N2OP. The fourth-order valence-electron chi connectivity index (χ4n) is 3.94. The number of hydrogen-bond donors (Lipinski definition) is 1. The van der Waals surface area contributed by atoms with Crippen molar-refractivity contribution in [1.82, 2.24) is 0 Å². The minimum atomic E-state index is -10.7. The van der Waals surface area contributed by atoms with Crippen molar-refractivity contribution in [1.29, 1.82) is 0 Å². The van der Waals surface area contributed by atoms with Gasteiger partial charge in [0.15, 0.2) is 5.71 Å². The van der Waals surface area contributed by atoms with Crippen molar-refractivity contribution in [2.24, 2.45) is 0 Å². The van der Waals surface area contributed by atoms with E-state index < -0.39 is 7.81 Å². The van der Waals surface area contributed by atoms with Crippen LogP contribution in [0.2, 0.25) is 5.02 Å². The molecule has 2 aromatic rings. The zero-order valence-corrected chi connectivity index (χ0v) is 21.1. The Hall–Kier alpha value is -2.25. The van der Waals surface area contributed by atoms with Crippen LogP contribution in [0.3, 0.4) is 0 Å². The normalized spacial score (nSPS) is 17.1.